The maximum absolute atomic E-state index is 5.52. The second-order valence-electron chi connectivity index (χ2n) is 17.2. The van der Waals surface area contributed by atoms with Gasteiger partial charge in [0.1, 0.15) is 0 Å². The molecule has 0 spiro atoms. The van der Waals surface area contributed by atoms with E-state index in [0.29, 0.717) is 5.95 Å². The van der Waals surface area contributed by atoms with E-state index in [1.165, 1.54) is 27.1 Å². The van der Waals surface area contributed by atoms with Gasteiger partial charge in [0, 0.05) is 32.5 Å². The van der Waals surface area contributed by atoms with E-state index < -0.39 is 0 Å². The van der Waals surface area contributed by atoms with Crippen molar-refractivity contribution in [2.24, 2.45) is 0 Å². The van der Waals surface area contributed by atoms with Crippen LogP contribution in [0.2, 0.25) is 0 Å². The number of nitrogens with zero attached hydrogens (tertiary/aromatic N) is 7. The van der Waals surface area contributed by atoms with Crippen LogP contribution in [-0.2, 0) is 0 Å². The smallest absolute Gasteiger partial charge is 0.235 e. The summed E-state index contributed by atoms with van der Waals surface area (Å²) in [6.07, 6.45) is 3.93. The summed E-state index contributed by atoms with van der Waals surface area (Å²) < 4.78 is 6.30. The number of para-hydroxylation sites is 2. The second kappa shape index (κ2) is 14.7. The van der Waals surface area contributed by atoms with Gasteiger partial charge in [-0.1, -0.05) is 152 Å². The highest BCUT2D eigenvalue weighted by Crippen LogP contribution is 2.40. The van der Waals surface area contributed by atoms with Crippen LogP contribution in [0.1, 0.15) is 0 Å². The van der Waals surface area contributed by atoms with Crippen LogP contribution in [0.3, 0.4) is 0 Å². The molecule has 0 aliphatic carbocycles. The lowest BCUT2D eigenvalue weighted by Crippen LogP contribution is -2.03. The average Bonchev–Trinajstić information content (AvgIpc) is 4.12. The van der Waals surface area contributed by atoms with Crippen molar-refractivity contribution in [3.05, 3.63) is 225 Å². The summed E-state index contributed by atoms with van der Waals surface area (Å²) in [7, 11) is 0. The van der Waals surface area contributed by atoms with Crippen molar-refractivity contribution in [3.8, 4) is 50.8 Å². The minimum atomic E-state index is 0.597. The molecule has 67 heavy (non-hydrogen) atoms. The van der Waals surface area contributed by atoms with Crippen molar-refractivity contribution < 1.29 is 0 Å². The van der Waals surface area contributed by atoms with Gasteiger partial charge in [-0.3, -0.25) is 4.57 Å². The summed E-state index contributed by atoms with van der Waals surface area (Å²) in [5.74, 6) is 0.597. The van der Waals surface area contributed by atoms with E-state index in [1.54, 1.807) is 0 Å². The third kappa shape index (κ3) is 5.92. The van der Waals surface area contributed by atoms with E-state index in [-0.39, 0.29) is 0 Å². The molecule has 14 rings (SSSR count). The number of hydrogen-bond donors (Lipinski definition) is 0. The predicted octanol–water partition coefficient (Wildman–Crippen LogP) is 14.7. The first-order valence-electron chi connectivity index (χ1n) is 22.5. The van der Waals surface area contributed by atoms with Gasteiger partial charge >= 0.3 is 0 Å². The number of fused-ring (bicyclic) bond motifs is 9. The summed E-state index contributed by atoms with van der Waals surface area (Å²) in [6.45, 7) is 0. The molecule has 10 aromatic carbocycles. The monoisotopic (exact) mass is 855 g/mol. The first-order chi connectivity index (χ1) is 33.2. The third-order valence-electron chi connectivity index (χ3n) is 13.4. The van der Waals surface area contributed by atoms with Crippen molar-refractivity contribution in [2.45, 2.75) is 0 Å². The highest BCUT2D eigenvalue weighted by atomic mass is 15.3. The molecule has 14 aromatic rings. The molecule has 4 aromatic heterocycles. The van der Waals surface area contributed by atoms with E-state index >= 15 is 0 Å². The fraction of sp³-hybridized carbons (Fsp3) is 0. The van der Waals surface area contributed by atoms with E-state index in [4.69, 9.17) is 20.2 Å². The average molecular weight is 856 g/mol. The van der Waals surface area contributed by atoms with Crippen molar-refractivity contribution in [1.82, 2.24) is 34.1 Å². The van der Waals surface area contributed by atoms with Gasteiger partial charge in [-0.25, -0.2) is 19.3 Å². The van der Waals surface area contributed by atoms with Gasteiger partial charge in [-0.15, -0.1) is 0 Å². The quantitative estimate of drug-likeness (QED) is 0.167. The Kier molecular flexibility index (Phi) is 8.15. The molecule has 0 saturated heterocycles. The lowest BCUT2D eigenvalue weighted by molar-refractivity contribution is 0.911. The zero-order chi connectivity index (χ0) is 44.0. The summed E-state index contributed by atoms with van der Waals surface area (Å²) in [5, 5.41) is 20.0. The van der Waals surface area contributed by atoms with Crippen LogP contribution < -0.4 is 0 Å². The number of rotatable bonds is 6. The second-order valence-corrected chi connectivity index (χ2v) is 17.2. The van der Waals surface area contributed by atoms with Gasteiger partial charge in [0.2, 0.25) is 5.95 Å². The van der Waals surface area contributed by atoms with Crippen LogP contribution in [0.5, 0.6) is 0 Å². The standard InChI is InChI=1S/C60H37N7/c1-2-15-46(16-3-1)66-56-32-30-50-52-34-43(44-25-26-45-36-61-67(57(45)35-44)47-29-27-38-11-4-5-13-42(38)33-47)28-31-55(52)65(59(50)53(56)37-62-66)60-63-54-20-9-8-18-51(54)58(64-60)41-23-21-40(22-24-41)49-19-10-14-39-12-6-7-17-48(39)49/h1-37H. The molecule has 4 heterocycles. The van der Waals surface area contributed by atoms with Crippen LogP contribution in [0, 0.1) is 0 Å². The maximum Gasteiger partial charge on any atom is 0.235 e. The van der Waals surface area contributed by atoms with Crippen molar-refractivity contribution in [2.75, 3.05) is 0 Å². The van der Waals surface area contributed by atoms with Crippen molar-refractivity contribution in [1.29, 1.82) is 0 Å². The molecule has 0 atom stereocenters. The van der Waals surface area contributed by atoms with Crippen LogP contribution >= 0.6 is 0 Å². The molecule has 0 saturated carbocycles. The van der Waals surface area contributed by atoms with Crippen LogP contribution in [-0.4, -0.2) is 34.1 Å². The van der Waals surface area contributed by atoms with Crippen molar-refractivity contribution >= 4 is 76.1 Å². The van der Waals surface area contributed by atoms with Gasteiger partial charge in [0.25, 0.3) is 0 Å². The van der Waals surface area contributed by atoms with E-state index in [2.05, 4.69) is 199 Å². The lowest BCUT2D eigenvalue weighted by atomic mass is 9.96. The minimum Gasteiger partial charge on any atom is -0.277 e. The Morgan fingerprint density at radius 3 is 1.90 bits per heavy atom. The number of benzene rings is 10. The molecular formula is C60H37N7. The number of hydrogen-bond acceptors (Lipinski definition) is 4. The molecule has 0 bridgehead atoms. The summed E-state index contributed by atoms with van der Waals surface area (Å²) in [5.41, 5.74) is 13.4. The molecule has 7 nitrogen and oxygen atoms in total. The number of aromatic nitrogens is 7. The topological polar surface area (TPSA) is 66.3 Å². The summed E-state index contributed by atoms with van der Waals surface area (Å²) >= 11 is 0. The highest BCUT2D eigenvalue weighted by Gasteiger charge is 2.22. The van der Waals surface area contributed by atoms with E-state index in [9.17, 15) is 0 Å². The summed E-state index contributed by atoms with van der Waals surface area (Å²) in [4.78, 5) is 10.9. The molecule has 0 amide bonds. The van der Waals surface area contributed by atoms with Gasteiger partial charge in [-0.2, -0.15) is 10.2 Å². The Morgan fingerprint density at radius 2 is 1.00 bits per heavy atom. The molecular weight excluding hydrogens is 819 g/mol. The van der Waals surface area contributed by atoms with Crippen LogP contribution in [0.15, 0.2) is 225 Å². The molecule has 0 aliphatic rings. The molecule has 0 fully saturated rings. The van der Waals surface area contributed by atoms with Gasteiger partial charge in [0.05, 0.1) is 57.0 Å². The minimum absolute atomic E-state index is 0.597. The Hall–Kier alpha value is -9.20. The predicted molar refractivity (Wildman–Crippen MR) is 274 cm³/mol. The largest absolute Gasteiger partial charge is 0.277 e. The molecule has 0 unspecified atom stereocenters. The third-order valence-corrected chi connectivity index (χ3v) is 13.4. The highest BCUT2D eigenvalue weighted by molar-refractivity contribution is 6.19. The van der Waals surface area contributed by atoms with Gasteiger partial charge in [-0.05, 0) is 104 Å². The summed E-state index contributed by atoms with van der Waals surface area (Å²) in [6, 6.07) is 75.2. The molecule has 0 radical (unpaired) electrons. The van der Waals surface area contributed by atoms with E-state index in [0.717, 1.165) is 93.8 Å². The van der Waals surface area contributed by atoms with Crippen molar-refractivity contribution in [3.63, 3.8) is 0 Å². The normalized spacial score (nSPS) is 11.9. The Balaban J connectivity index is 0.964. The maximum atomic E-state index is 5.52. The molecule has 0 N–H and O–H groups in total. The molecule has 312 valence electrons. The molecule has 0 aliphatic heterocycles. The van der Waals surface area contributed by atoms with Gasteiger partial charge < -0.3 is 0 Å². The lowest BCUT2D eigenvalue weighted by Gasteiger charge is -2.13. The van der Waals surface area contributed by atoms with Crippen LogP contribution in [0.25, 0.3) is 127 Å². The van der Waals surface area contributed by atoms with Gasteiger partial charge in [0.15, 0.2) is 0 Å². The molecule has 7 heteroatoms. The zero-order valence-electron chi connectivity index (χ0n) is 36.0. The zero-order valence-corrected chi connectivity index (χ0v) is 36.0. The van der Waals surface area contributed by atoms with E-state index in [1.807, 2.05) is 40.0 Å². The Labute approximate surface area is 384 Å². The Morgan fingerprint density at radius 1 is 0.328 bits per heavy atom. The SMILES string of the molecule is c1ccc(-n2ncc3c2ccc2c4cc(-c5ccc6cnn(-c7ccc8ccccc8c7)c6c5)ccc4n(-c4nc(-c5ccc(-c6cccc7ccccc67)cc5)c5ccccc5n4)c23)cc1. The first kappa shape index (κ1) is 37.2. The first-order valence-corrected chi connectivity index (χ1v) is 22.5. The Bertz CT molecular complexity index is 4270. The fourth-order valence-electron chi connectivity index (χ4n) is 10.2. The van der Waals surface area contributed by atoms with Crippen LogP contribution in [0.4, 0.5) is 0 Å². The fourth-order valence-corrected chi connectivity index (χ4v) is 10.2.